The average molecular weight is 540 g/mol. The van der Waals surface area contributed by atoms with Crippen LogP contribution in [0.5, 0.6) is 5.88 Å². The molecule has 2 heterocycles. The van der Waals surface area contributed by atoms with E-state index in [4.69, 9.17) is 9.47 Å². The van der Waals surface area contributed by atoms with Crippen LogP contribution in [0.25, 0.3) is 5.69 Å². The number of esters is 1. The number of likely N-dealkylation sites (tertiary alicyclic amines) is 1. The molecular weight excluding hydrogens is 502 g/mol. The Kier molecular flexibility index (Phi) is 8.57. The minimum absolute atomic E-state index is 0.00985. The molecule has 2 fully saturated rings. The number of carbonyl (C=O) groups excluding carboxylic acids is 4. The van der Waals surface area contributed by atoms with Gasteiger partial charge in [-0.25, -0.2) is 9.48 Å². The summed E-state index contributed by atoms with van der Waals surface area (Å²) in [6.45, 7) is 6.94. The van der Waals surface area contributed by atoms with Crippen molar-refractivity contribution in [2.24, 2.45) is 0 Å². The molecule has 1 aromatic carbocycles. The van der Waals surface area contributed by atoms with Crippen LogP contribution >= 0.6 is 0 Å². The van der Waals surface area contributed by atoms with Crippen LogP contribution in [0.3, 0.4) is 0 Å². The Morgan fingerprint density at radius 2 is 1.79 bits per heavy atom. The van der Waals surface area contributed by atoms with Crippen molar-refractivity contribution in [3.05, 3.63) is 42.1 Å². The number of rotatable bonds is 9. The highest BCUT2D eigenvalue weighted by molar-refractivity contribution is 5.95. The Hall–Kier alpha value is -3.89. The second-order valence-electron chi connectivity index (χ2n) is 11.0. The van der Waals surface area contributed by atoms with E-state index >= 15 is 0 Å². The molecule has 2 N–H and O–H groups in total. The first-order valence-electron chi connectivity index (χ1n) is 13.4. The molecule has 3 amide bonds. The van der Waals surface area contributed by atoms with Gasteiger partial charge in [0.15, 0.2) is 12.3 Å². The summed E-state index contributed by atoms with van der Waals surface area (Å²) < 4.78 is 12.6. The third-order valence-corrected chi connectivity index (χ3v) is 6.69. The van der Waals surface area contributed by atoms with Gasteiger partial charge in [-0.2, -0.15) is 5.10 Å². The highest BCUT2D eigenvalue weighted by atomic mass is 16.6. The summed E-state index contributed by atoms with van der Waals surface area (Å²) in [5.74, 6) is -1.41. The molecule has 2 atom stereocenters. The molecule has 11 heteroatoms. The average Bonchev–Trinajstić information content (AvgIpc) is 3.52. The molecule has 11 nitrogen and oxygen atoms in total. The number of nitrogens with one attached hydrogen (secondary N) is 2. The smallest absolute Gasteiger partial charge is 0.328 e. The van der Waals surface area contributed by atoms with Gasteiger partial charge in [-0.1, -0.05) is 18.2 Å². The zero-order valence-electron chi connectivity index (χ0n) is 22.9. The molecule has 4 rings (SSSR count). The summed E-state index contributed by atoms with van der Waals surface area (Å²) in [7, 11) is 0. The predicted octanol–water partition coefficient (Wildman–Crippen LogP) is 2.37. The van der Waals surface area contributed by atoms with Gasteiger partial charge in [0.2, 0.25) is 11.8 Å². The van der Waals surface area contributed by atoms with Crippen LogP contribution in [0.4, 0.5) is 0 Å². The van der Waals surface area contributed by atoms with Gasteiger partial charge in [0, 0.05) is 18.7 Å². The fourth-order valence-corrected chi connectivity index (χ4v) is 4.46. The number of aromatic nitrogens is 2. The standard InChI is InChI=1S/C28H37N5O6/c1-18(27(37)39-28(2,3)4)29-25(35)21-16-24(33(31-21)20-12-6-5-7-13-20)38-17-23(34)32-15-9-14-22(32)26(36)30-19-10-8-11-19/h5-7,12-13,16,18-19,22H,8-11,14-15,17H2,1-4H3,(H,29,35)(H,30,36)/t18-,22+/m1/s1. The number of ether oxygens (including phenoxy) is 2. The Balaban J connectivity index is 1.45. The highest BCUT2D eigenvalue weighted by Gasteiger charge is 2.36. The van der Waals surface area contributed by atoms with Gasteiger partial charge >= 0.3 is 5.97 Å². The lowest BCUT2D eigenvalue weighted by atomic mass is 9.93. The van der Waals surface area contributed by atoms with E-state index in [9.17, 15) is 19.2 Å². The van der Waals surface area contributed by atoms with Crippen molar-refractivity contribution in [2.75, 3.05) is 13.2 Å². The molecule has 210 valence electrons. The summed E-state index contributed by atoms with van der Waals surface area (Å²) in [6.07, 6.45) is 4.43. The Morgan fingerprint density at radius 3 is 2.44 bits per heavy atom. The molecule has 0 unspecified atom stereocenters. The van der Waals surface area contributed by atoms with E-state index in [1.165, 1.54) is 17.7 Å². The number of carbonyl (C=O) groups is 4. The van der Waals surface area contributed by atoms with Crippen LogP contribution in [0, 0.1) is 0 Å². The highest BCUT2D eigenvalue weighted by Crippen LogP contribution is 2.23. The number of para-hydroxylation sites is 1. The quantitative estimate of drug-likeness (QED) is 0.468. The zero-order valence-corrected chi connectivity index (χ0v) is 22.9. The van der Waals surface area contributed by atoms with Crippen LogP contribution < -0.4 is 15.4 Å². The fraction of sp³-hybridized carbons (Fsp3) is 0.536. The molecule has 0 spiro atoms. The number of benzene rings is 1. The normalized spacial score (nSPS) is 18.2. The van der Waals surface area contributed by atoms with Gasteiger partial charge in [-0.3, -0.25) is 14.4 Å². The molecular formula is C28H37N5O6. The van der Waals surface area contributed by atoms with Crippen molar-refractivity contribution in [1.29, 1.82) is 0 Å². The van der Waals surface area contributed by atoms with Crippen molar-refractivity contribution in [2.45, 2.75) is 83.5 Å². The molecule has 1 aliphatic carbocycles. The van der Waals surface area contributed by atoms with E-state index in [0.29, 0.717) is 18.7 Å². The van der Waals surface area contributed by atoms with Crippen molar-refractivity contribution >= 4 is 23.7 Å². The van der Waals surface area contributed by atoms with E-state index < -0.39 is 29.6 Å². The largest absolute Gasteiger partial charge is 0.467 e. The molecule has 2 aromatic rings. The number of hydrogen-bond acceptors (Lipinski definition) is 7. The van der Waals surface area contributed by atoms with Gasteiger partial charge in [-0.05, 0) is 71.9 Å². The number of hydrogen-bond donors (Lipinski definition) is 2. The second-order valence-corrected chi connectivity index (χ2v) is 11.0. The van der Waals surface area contributed by atoms with Crippen LogP contribution in [0.1, 0.15) is 70.3 Å². The van der Waals surface area contributed by atoms with Crippen LogP contribution in [-0.4, -0.2) is 75.2 Å². The van der Waals surface area contributed by atoms with Gasteiger partial charge in [0.25, 0.3) is 11.8 Å². The summed E-state index contributed by atoms with van der Waals surface area (Å²) in [6, 6.07) is 9.25. The summed E-state index contributed by atoms with van der Waals surface area (Å²) in [4.78, 5) is 52.6. The lowest BCUT2D eigenvalue weighted by molar-refractivity contribution is -0.156. The second kappa shape index (κ2) is 11.9. The van der Waals surface area contributed by atoms with Crippen LogP contribution in [0.2, 0.25) is 0 Å². The van der Waals surface area contributed by atoms with E-state index in [1.54, 1.807) is 37.8 Å². The third-order valence-electron chi connectivity index (χ3n) is 6.69. The first kappa shape index (κ1) is 28.1. The Labute approximate surface area is 228 Å². The summed E-state index contributed by atoms with van der Waals surface area (Å²) >= 11 is 0. The van der Waals surface area contributed by atoms with Crippen molar-refractivity contribution < 1.29 is 28.7 Å². The monoisotopic (exact) mass is 539 g/mol. The van der Waals surface area contributed by atoms with Crippen LogP contribution in [-0.2, 0) is 19.1 Å². The summed E-state index contributed by atoms with van der Waals surface area (Å²) in [5.41, 5.74) is -0.0566. The zero-order chi connectivity index (χ0) is 28.2. The molecule has 2 aliphatic rings. The van der Waals surface area contributed by atoms with Gasteiger partial charge in [0.1, 0.15) is 17.7 Å². The minimum atomic E-state index is -0.900. The van der Waals surface area contributed by atoms with E-state index in [-0.39, 0.29) is 36.0 Å². The summed E-state index contributed by atoms with van der Waals surface area (Å²) in [5, 5.41) is 10.0. The molecule has 0 radical (unpaired) electrons. The number of nitrogens with zero attached hydrogens (tertiary/aromatic N) is 3. The van der Waals surface area contributed by atoms with E-state index in [0.717, 1.165) is 25.7 Å². The van der Waals surface area contributed by atoms with Gasteiger partial charge in [-0.15, -0.1) is 0 Å². The maximum absolute atomic E-state index is 13.1. The van der Waals surface area contributed by atoms with Gasteiger partial charge in [0.05, 0.1) is 5.69 Å². The van der Waals surface area contributed by atoms with Crippen LogP contribution in [0.15, 0.2) is 36.4 Å². The molecule has 39 heavy (non-hydrogen) atoms. The van der Waals surface area contributed by atoms with Gasteiger partial charge < -0.3 is 25.0 Å². The molecule has 1 saturated carbocycles. The minimum Gasteiger partial charge on any atom is -0.467 e. The Bertz CT molecular complexity index is 1200. The molecule has 1 saturated heterocycles. The predicted molar refractivity (Wildman–Crippen MR) is 142 cm³/mol. The lowest BCUT2D eigenvalue weighted by Crippen LogP contribution is -2.51. The Morgan fingerprint density at radius 1 is 1.08 bits per heavy atom. The third kappa shape index (κ3) is 7.15. The van der Waals surface area contributed by atoms with Crippen molar-refractivity contribution in [3.63, 3.8) is 0 Å². The first-order chi connectivity index (χ1) is 18.5. The first-order valence-corrected chi connectivity index (χ1v) is 13.4. The van der Waals surface area contributed by atoms with Crippen molar-refractivity contribution in [1.82, 2.24) is 25.3 Å². The molecule has 0 bridgehead atoms. The SMILES string of the molecule is C[C@@H](NC(=O)c1cc(OCC(=O)N2CCC[C@H]2C(=O)NC2CCC2)n(-c2ccccc2)n1)C(=O)OC(C)(C)C. The lowest BCUT2D eigenvalue weighted by Gasteiger charge is -2.30. The van der Waals surface area contributed by atoms with E-state index in [1.807, 2.05) is 18.2 Å². The fourth-order valence-electron chi connectivity index (χ4n) is 4.46. The molecule has 1 aromatic heterocycles. The number of amides is 3. The maximum atomic E-state index is 13.1. The molecule has 1 aliphatic heterocycles. The van der Waals surface area contributed by atoms with E-state index in [2.05, 4.69) is 15.7 Å². The topological polar surface area (TPSA) is 132 Å². The maximum Gasteiger partial charge on any atom is 0.328 e. The van der Waals surface area contributed by atoms with Crippen molar-refractivity contribution in [3.8, 4) is 11.6 Å².